The number of hydrogen-bond donors (Lipinski definition) is 0. The summed E-state index contributed by atoms with van der Waals surface area (Å²) in [5.74, 6) is 0.698. The van der Waals surface area contributed by atoms with Crippen molar-refractivity contribution in [2.45, 2.75) is 18.4 Å². The number of nitrogens with zero attached hydrogens (tertiary/aromatic N) is 1. The highest BCUT2D eigenvalue weighted by molar-refractivity contribution is 6.31. The zero-order valence-corrected chi connectivity index (χ0v) is 11.1. The quantitative estimate of drug-likeness (QED) is 0.839. The average Bonchev–Trinajstić information content (AvgIpc) is 3.08. The second kappa shape index (κ2) is 4.56. The molecule has 18 heavy (non-hydrogen) atoms. The highest BCUT2D eigenvalue weighted by Crippen LogP contribution is 2.50. The van der Waals surface area contributed by atoms with Crippen molar-refractivity contribution >= 4 is 17.5 Å². The van der Waals surface area contributed by atoms with E-state index in [0.717, 1.165) is 30.1 Å². The third-order valence-corrected chi connectivity index (χ3v) is 4.25. The summed E-state index contributed by atoms with van der Waals surface area (Å²) in [5, 5.41) is 0.774. The Morgan fingerprint density at radius 2 is 2.11 bits per heavy atom. The van der Waals surface area contributed by atoms with Crippen molar-refractivity contribution < 1.29 is 9.53 Å². The predicted molar refractivity (Wildman–Crippen MR) is 69.7 cm³/mol. The molecule has 3 rings (SSSR count). The van der Waals surface area contributed by atoms with Gasteiger partial charge in [-0.15, -0.1) is 0 Å². The monoisotopic (exact) mass is 265 g/mol. The molecule has 0 bridgehead atoms. The Hall–Kier alpha value is -1.06. The first-order valence-electron chi connectivity index (χ1n) is 6.26. The fraction of sp³-hybridized carbons (Fsp3) is 0.500. The summed E-state index contributed by atoms with van der Waals surface area (Å²) in [7, 11) is 1.69. The van der Waals surface area contributed by atoms with Gasteiger partial charge in [-0.3, -0.25) is 4.79 Å². The van der Waals surface area contributed by atoms with Crippen molar-refractivity contribution in [1.82, 2.24) is 4.90 Å². The van der Waals surface area contributed by atoms with Gasteiger partial charge in [0.25, 0.3) is 0 Å². The second-order valence-corrected chi connectivity index (χ2v) is 5.48. The lowest BCUT2D eigenvalue weighted by Gasteiger charge is -2.38. The van der Waals surface area contributed by atoms with Crippen molar-refractivity contribution in [3.63, 3.8) is 0 Å². The number of carbonyl (C=O) groups excluding carboxylic acids is 1. The van der Waals surface area contributed by atoms with Crippen LogP contribution in [0.3, 0.4) is 0 Å². The van der Waals surface area contributed by atoms with E-state index in [4.69, 9.17) is 16.3 Å². The Bertz CT molecular complexity index is 471. The summed E-state index contributed by atoms with van der Waals surface area (Å²) in [5.41, 5.74) is 1.11. The number of carbonyl (C=O) groups is 1. The van der Waals surface area contributed by atoms with E-state index in [9.17, 15) is 4.79 Å². The molecule has 0 unspecified atom stereocenters. The van der Waals surface area contributed by atoms with E-state index in [1.54, 1.807) is 7.11 Å². The molecule has 1 heterocycles. The van der Waals surface area contributed by atoms with Crippen LogP contribution in [0.4, 0.5) is 0 Å². The third kappa shape index (κ3) is 2.02. The van der Waals surface area contributed by atoms with Gasteiger partial charge in [-0.2, -0.15) is 0 Å². The molecule has 0 aromatic heterocycles. The number of ether oxygens (including phenoxy) is 1. The topological polar surface area (TPSA) is 29.5 Å². The van der Waals surface area contributed by atoms with Gasteiger partial charge < -0.3 is 9.64 Å². The Labute approximate surface area is 112 Å². The maximum atomic E-state index is 12.2. The molecule has 0 N–H and O–H groups in total. The molecule has 1 saturated carbocycles. The van der Waals surface area contributed by atoms with Crippen LogP contribution in [0.2, 0.25) is 5.02 Å². The molecular weight excluding hydrogens is 250 g/mol. The van der Waals surface area contributed by atoms with E-state index in [1.807, 2.05) is 29.2 Å². The van der Waals surface area contributed by atoms with E-state index in [-0.39, 0.29) is 17.9 Å². The van der Waals surface area contributed by atoms with Crippen LogP contribution in [-0.4, -0.2) is 37.1 Å². The minimum absolute atomic E-state index is 0.128. The molecule has 96 valence electrons. The smallest absolute Gasteiger partial charge is 0.226 e. The average molecular weight is 266 g/mol. The molecule has 3 nitrogen and oxygen atoms in total. The molecule has 4 heteroatoms. The zero-order chi connectivity index (χ0) is 12.7. The molecule has 1 saturated heterocycles. The van der Waals surface area contributed by atoms with Crippen LogP contribution in [0, 0.1) is 5.92 Å². The van der Waals surface area contributed by atoms with Gasteiger partial charge in [0.1, 0.15) is 0 Å². The van der Waals surface area contributed by atoms with E-state index in [2.05, 4.69) is 0 Å². The van der Waals surface area contributed by atoms with Gasteiger partial charge in [-0.25, -0.2) is 0 Å². The fourth-order valence-electron chi connectivity index (χ4n) is 2.59. The second-order valence-electron chi connectivity index (χ2n) is 5.07. The molecule has 2 atom stereocenters. The first-order valence-corrected chi connectivity index (χ1v) is 6.64. The van der Waals surface area contributed by atoms with Gasteiger partial charge in [0.2, 0.25) is 5.91 Å². The van der Waals surface area contributed by atoms with Crippen LogP contribution >= 0.6 is 11.6 Å². The summed E-state index contributed by atoms with van der Waals surface area (Å²) in [6.07, 6.45) is 1.16. The van der Waals surface area contributed by atoms with Crippen molar-refractivity contribution in [2.24, 2.45) is 5.92 Å². The fourth-order valence-corrected chi connectivity index (χ4v) is 2.86. The maximum Gasteiger partial charge on any atom is 0.226 e. The van der Waals surface area contributed by atoms with Gasteiger partial charge in [-0.1, -0.05) is 29.8 Å². The number of rotatable bonds is 3. The molecule has 2 fully saturated rings. The number of amides is 1. The zero-order valence-electron chi connectivity index (χ0n) is 10.3. The Balaban J connectivity index is 1.61. The lowest BCUT2D eigenvalue weighted by Crippen LogP contribution is -2.55. The summed E-state index contributed by atoms with van der Waals surface area (Å²) in [6, 6.07) is 7.81. The Morgan fingerprint density at radius 1 is 1.39 bits per heavy atom. The molecule has 1 aromatic carbocycles. The van der Waals surface area contributed by atoms with Gasteiger partial charge in [0, 0.05) is 31.1 Å². The van der Waals surface area contributed by atoms with Gasteiger partial charge >= 0.3 is 0 Å². The molecule has 1 aromatic rings. The highest BCUT2D eigenvalue weighted by atomic mass is 35.5. The van der Waals surface area contributed by atoms with Crippen LogP contribution in [0.25, 0.3) is 0 Å². The minimum Gasteiger partial charge on any atom is -0.378 e. The lowest BCUT2D eigenvalue weighted by atomic mass is 10.1. The molecule has 1 aliphatic carbocycles. The molecule has 2 aliphatic rings. The standard InChI is InChI=1S/C14H16ClNO2/c1-18-9-7-16(8-9)14(17)12-6-11(12)10-4-2-3-5-13(10)15/h2-5,9,11-12H,6-8H2,1H3/t11-,12-/m1/s1. The first kappa shape index (κ1) is 12.0. The van der Waals surface area contributed by atoms with Crippen molar-refractivity contribution in [1.29, 1.82) is 0 Å². The van der Waals surface area contributed by atoms with Gasteiger partial charge in [-0.05, 0) is 24.0 Å². The molecule has 0 radical (unpaired) electrons. The lowest BCUT2D eigenvalue weighted by molar-refractivity contribution is -0.144. The number of halogens is 1. The Kier molecular flexibility index (Phi) is 3.04. The van der Waals surface area contributed by atoms with Crippen LogP contribution in [0.1, 0.15) is 17.9 Å². The summed E-state index contributed by atoms with van der Waals surface area (Å²) in [6.45, 7) is 1.47. The molecule has 0 spiro atoms. The van der Waals surface area contributed by atoms with Gasteiger partial charge in [0.15, 0.2) is 0 Å². The molecule has 1 aliphatic heterocycles. The molecule has 1 amide bonds. The summed E-state index contributed by atoms with van der Waals surface area (Å²) < 4.78 is 5.18. The predicted octanol–water partition coefficient (Wildman–Crippen LogP) is 2.30. The number of likely N-dealkylation sites (tertiary alicyclic amines) is 1. The van der Waals surface area contributed by atoms with Crippen molar-refractivity contribution in [3.05, 3.63) is 34.9 Å². The maximum absolute atomic E-state index is 12.2. The van der Waals surface area contributed by atoms with E-state index in [1.165, 1.54) is 0 Å². The van der Waals surface area contributed by atoms with Crippen molar-refractivity contribution in [2.75, 3.05) is 20.2 Å². The minimum atomic E-state index is 0.128. The van der Waals surface area contributed by atoms with E-state index in [0.29, 0.717) is 5.92 Å². The van der Waals surface area contributed by atoms with Crippen LogP contribution in [0.5, 0.6) is 0 Å². The van der Waals surface area contributed by atoms with E-state index < -0.39 is 0 Å². The van der Waals surface area contributed by atoms with Gasteiger partial charge in [0.05, 0.1) is 6.10 Å². The van der Waals surface area contributed by atoms with Crippen molar-refractivity contribution in [3.8, 4) is 0 Å². The van der Waals surface area contributed by atoms with Crippen LogP contribution in [0.15, 0.2) is 24.3 Å². The summed E-state index contributed by atoms with van der Waals surface area (Å²) >= 11 is 6.16. The Morgan fingerprint density at radius 3 is 2.78 bits per heavy atom. The number of methoxy groups -OCH3 is 1. The van der Waals surface area contributed by atoms with Crippen LogP contribution < -0.4 is 0 Å². The summed E-state index contributed by atoms with van der Waals surface area (Å²) in [4.78, 5) is 14.1. The number of benzene rings is 1. The largest absolute Gasteiger partial charge is 0.378 e. The van der Waals surface area contributed by atoms with E-state index >= 15 is 0 Å². The first-order chi connectivity index (χ1) is 8.70. The third-order valence-electron chi connectivity index (χ3n) is 3.91. The highest BCUT2D eigenvalue weighted by Gasteiger charge is 2.48. The normalized spacial score (nSPS) is 26.9. The number of hydrogen-bond acceptors (Lipinski definition) is 2. The van der Waals surface area contributed by atoms with Crippen LogP contribution in [-0.2, 0) is 9.53 Å². The SMILES string of the molecule is COC1CN(C(=O)[C@@H]2C[C@@H]2c2ccccc2Cl)C1. The molecular formula is C14H16ClNO2.